The van der Waals surface area contributed by atoms with E-state index in [1.54, 1.807) is 25.3 Å². The lowest BCUT2D eigenvalue weighted by Gasteiger charge is -2.33. The third-order valence-electron chi connectivity index (χ3n) is 8.14. The molecule has 10 heteroatoms. The highest BCUT2D eigenvalue weighted by Crippen LogP contribution is 2.42. The van der Waals surface area contributed by atoms with Gasteiger partial charge in [-0.15, -0.1) is 0 Å². The Morgan fingerprint density at radius 3 is 2.38 bits per heavy atom. The third-order valence-corrected chi connectivity index (χ3v) is 8.14. The molecule has 1 atom stereocenters. The van der Waals surface area contributed by atoms with Crippen molar-refractivity contribution in [3.63, 3.8) is 0 Å². The van der Waals surface area contributed by atoms with Gasteiger partial charge in [-0.3, -0.25) is 19.6 Å². The quantitative estimate of drug-likeness (QED) is 0.321. The Bertz CT molecular complexity index is 1390. The molecule has 2 N–H and O–H groups in total. The van der Waals surface area contributed by atoms with E-state index in [0.717, 1.165) is 67.8 Å². The molecule has 0 spiro atoms. The largest absolute Gasteiger partial charge is 0.481 e. The van der Waals surface area contributed by atoms with Crippen LogP contribution in [0.2, 0.25) is 0 Å². The number of alkyl halides is 3. The van der Waals surface area contributed by atoms with E-state index in [2.05, 4.69) is 16.4 Å². The van der Waals surface area contributed by atoms with Crippen molar-refractivity contribution in [1.82, 2.24) is 9.88 Å². The summed E-state index contributed by atoms with van der Waals surface area (Å²) in [5, 5.41) is 12.6. The van der Waals surface area contributed by atoms with Crippen molar-refractivity contribution in [2.75, 3.05) is 18.9 Å². The van der Waals surface area contributed by atoms with Crippen LogP contribution < -0.4 is 5.32 Å². The fraction of sp³-hybridized carbons (Fsp3) is 0.438. The standard InChI is InChI=1S/C32H35F3N4O3/c1-39(16-15-28(40)41)31(42)22-9-12-24(13-10-22)37-29(20-5-3-2-4-6-20)27-18-26(38-30(27)21-7-8-21)17-25-14-11-23(19-36-25)32(33,34)35/h9-14,17-21,29,37H,2-8,15-16H2,1H3,(H,40,41). The zero-order valence-corrected chi connectivity index (χ0v) is 23.5. The second kappa shape index (κ2) is 12.5. The highest BCUT2D eigenvalue weighted by molar-refractivity contribution is 6.08. The number of pyridine rings is 1. The number of benzene rings is 1. The number of carbonyl (C=O) groups is 2. The minimum Gasteiger partial charge on any atom is -0.481 e. The van der Waals surface area contributed by atoms with Crippen molar-refractivity contribution in [1.29, 1.82) is 0 Å². The molecule has 2 fully saturated rings. The molecule has 1 amide bonds. The van der Waals surface area contributed by atoms with E-state index in [1.165, 1.54) is 17.4 Å². The highest BCUT2D eigenvalue weighted by Gasteiger charge is 2.38. The Morgan fingerprint density at radius 2 is 1.79 bits per heavy atom. The van der Waals surface area contributed by atoms with Crippen LogP contribution in [-0.2, 0) is 11.0 Å². The summed E-state index contributed by atoms with van der Waals surface area (Å²) in [6.45, 7) is 0.132. The van der Waals surface area contributed by atoms with Crippen LogP contribution in [0.4, 0.5) is 18.9 Å². The lowest BCUT2D eigenvalue weighted by atomic mass is 9.79. The summed E-state index contributed by atoms with van der Waals surface area (Å²) in [4.78, 5) is 34.0. The van der Waals surface area contributed by atoms with Crippen LogP contribution in [-0.4, -0.2) is 52.2 Å². The second-order valence-corrected chi connectivity index (χ2v) is 11.4. The molecule has 2 aliphatic carbocycles. The Balaban J connectivity index is 1.39. The molecule has 0 saturated heterocycles. The maximum atomic E-state index is 13.0. The molecule has 1 aliphatic heterocycles. The van der Waals surface area contributed by atoms with Gasteiger partial charge in [0.25, 0.3) is 5.91 Å². The van der Waals surface area contributed by atoms with Gasteiger partial charge in [-0.05, 0) is 85.7 Å². The molecule has 222 valence electrons. The van der Waals surface area contributed by atoms with Gasteiger partial charge in [-0.1, -0.05) is 19.3 Å². The first-order chi connectivity index (χ1) is 20.1. The molecule has 0 bridgehead atoms. The van der Waals surface area contributed by atoms with E-state index in [4.69, 9.17) is 10.1 Å². The molecule has 5 rings (SSSR count). The maximum Gasteiger partial charge on any atom is 0.417 e. The van der Waals surface area contributed by atoms with Crippen molar-refractivity contribution in [2.24, 2.45) is 16.8 Å². The van der Waals surface area contributed by atoms with Crippen molar-refractivity contribution in [2.45, 2.75) is 63.6 Å². The van der Waals surface area contributed by atoms with Gasteiger partial charge in [0.1, 0.15) is 0 Å². The van der Waals surface area contributed by atoms with E-state index in [9.17, 15) is 22.8 Å². The van der Waals surface area contributed by atoms with Gasteiger partial charge in [-0.25, -0.2) is 0 Å². The lowest BCUT2D eigenvalue weighted by molar-refractivity contribution is -0.138. The Kier molecular flexibility index (Phi) is 8.80. The van der Waals surface area contributed by atoms with Gasteiger partial charge in [0, 0.05) is 42.7 Å². The minimum absolute atomic E-state index is 0.00379. The van der Waals surface area contributed by atoms with Crippen LogP contribution in [0, 0.1) is 11.8 Å². The Hall–Kier alpha value is -3.95. The molecule has 2 heterocycles. The number of aromatic nitrogens is 1. The number of nitrogens with one attached hydrogen (secondary N) is 1. The van der Waals surface area contributed by atoms with E-state index < -0.39 is 17.7 Å². The molecule has 42 heavy (non-hydrogen) atoms. The number of carboxylic acids is 1. The van der Waals surface area contributed by atoms with Crippen LogP contribution in [0.15, 0.2) is 64.9 Å². The fourth-order valence-electron chi connectivity index (χ4n) is 5.68. The molecule has 1 aromatic heterocycles. The number of allylic oxidation sites excluding steroid dienone is 1. The summed E-state index contributed by atoms with van der Waals surface area (Å²) in [6, 6.07) is 9.65. The molecule has 7 nitrogen and oxygen atoms in total. The van der Waals surface area contributed by atoms with Gasteiger partial charge >= 0.3 is 12.1 Å². The molecule has 1 unspecified atom stereocenters. The summed E-state index contributed by atoms with van der Waals surface area (Å²) in [5.74, 6) is -0.426. The molecule has 0 radical (unpaired) electrons. The van der Waals surface area contributed by atoms with Gasteiger partial charge < -0.3 is 15.3 Å². The first kappa shape index (κ1) is 29.5. The number of aliphatic imine (C=N–C) groups is 1. The van der Waals surface area contributed by atoms with E-state index in [0.29, 0.717) is 28.8 Å². The summed E-state index contributed by atoms with van der Waals surface area (Å²) in [7, 11) is 1.59. The molecular formula is C32H35F3N4O3. The van der Waals surface area contributed by atoms with Crippen molar-refractivity contribution in [3.8, 4) is 0 Å². The number of hydrogen-bond donors (Lipinski definition) is 2. The van der Waals surface area contributed by atoms with Crippen LogP contribution in [0.3, 0.4) is 0 Å². The Labute approximate surface area is 243 Å². The SMILES string of the molecule is CN(CCC(=O)O)C(=O)c1ccc(NC(C2=CC(=Cc3ccc(C(F)(F)F)cn3)N=C2C2CC2)C2CCCCC2)cc1. The predicted octanol–water partition coefficient (Wildman–Crippen LogP) is 6.84. The summed E-state index contributed by atoms with van der Waals surface area (Å²) < 4.78 is 39.0. The van der Waals surface area contributed by atoms with Gasteiger partial charge in [0.2, 0.25) is 0 Å². The monoisotopic (exact) mass is 580 g/mol. The molecule has 1 aromatic carbocycles. The number of amides is 1. The normalized spacial score (nSPS) is 19.3. The number of carboxylic acid groups (broad SMARTS) is 1. The smallest absolute Gasteiger partial charge is 0.417 e. The van der Waals surface area contributed by atoms with Crippen LogP contribution in [0.25, 0.3) is 6.08 Å². The van der Waals surface area contributed by atoms with Crippen LogP contribution in [0.1, 0.15) is 73.0 Å². The molecule has 2 saturated carbocycles. The van der Waals surface area contributed by atoms with E-state index in [1.807, 2.05) is 12.1 Å². The van der Waals surface area contributed by atoms with Crippen molar-refractivity contribution in [3.05, 3.63) is 76.8 Å². The third kappa shape index (κ3) is 7.27. The molecule has 2 aromatic rings. The maximum absolute atomic E-state index is 13.0. The van der Waals surface area contributed by atoms with Gasteiger partial charge in [0.05, 0.1) is 29.4 Å². The number of hydrogen-bond acceptors (Lipinski definition) is 5. The first-order valence-electron chi connectivity index (χ1n) is 14.5. The average Bonchev–Trinajstić information content (AvgIpc) is 3.74. The van der Waals surface area contributed by atoms with Gasteiger partial charge in [-0.2, -0.15) is 13.2 Å². The lowest BCUT2D eigenvalue weighted by Crippen LogP contribution is -2.35. The number of rotatable bonds is 10. The number of carbonyl (C=O) groups excluding carboxylic acids is 1. The van der Waals surface area contributed by atoms with Crippen molar-refractivity contribution >= 4 is 29.4 Å². The number of aliphatic carboxylic acids is 1. The fourth-order valence-corrected chi connectivity index (χ4v) is 5.68. The average molecular weight is 581 g/mol. The van der Waals surface area contributed by atoms with Crippen LogP contribution >= 0.6 is 0 Å². The Morgan fingerprint density at radius 1 is 1.07 bits per heavy atom. The zero-order chi connectivity index (χ0) is 29.9. The van der Waals surface area contributed by atoms with E-state index in [-0.39, 0.29) is 24.9 Å². The topological polar surface area (TPSA) is 94.9 Å². The summed E-state index contributed by atoms with van der Waals surface area (Å²) in [5.41, 5.74) is 3.84. The molecular weight excluding hydrogens is 545 g/mol. The minimum atomic E-state index is -4.43. The number of halogens is 3. The first-order valence-corrected chi connectivity index (χ1v) is 14.5. The predicted molar refractivity (Wildman–Crippen MR) is 155 cm³/mol. The summed E-state index contributed by atoms with van der Waals surface area (Å²) in [6.07, 6.45) is 7.88. The van der Waals surface area contributed by atoms with Crippen molar-refractivity contribution < 1.29 is 27.9 Å². The van der Waals surface area contributed by atoms with Gasteiger partial charge in [0.15, 0.2) is 0 Å². The van der Waals surface area contributed by atoms with E-state index >= 15 is 0 Å². The number of anilines is 1. The zero-order valence-electron chi connectivity index (χ0n) is 23.5. The molecule has 3 aliphatic rings. The second-order valence-electron chi connectivity index (χ2n) is 11.4. The van der Waals surface area contributed by atoms with Crippen LogP contribution in [0.5, 0.6) is 0 Å². The summed E-state index contributed by atoms with van der Waals surface area (Å²) >= 11 is 0. The highest BCUT2D eigenvalue weighted by atomic mass is 19.4. The number of nitrogens with zero attached hydrogens (tertiary/aromatic N) is 3.